The van der Waals surface area contributed by atoms with E-state index in [4.69, 9.17) is 0 Å². The molecule has 0 saturated heterocycles. The van der Waals surface area contributed by atoms with Crippen molar-refractivity contribution in [3.63, 3.8) is 0 Å². The van der Waals surface area contributed by atoms with Gasteiger partial charge in [-0.3, -0.25) is 4.79 Å². The Kier molecular flexibility index (Phi) is 5.55. The second-order valence-corrected chi connectivity index (χ2v) is 5.45. The Hall–Kier alpha value is -1.12. The topological polar surface area (TPSA) is 26.3 Å². The van der Waals surface area contributed by atoms with Crippen LogP contribution in [0.4, 0.5) is 17.6 Å². The number of benzene rings is 1. The summed E-state index contributed by atoms with van der Waals surface area (Å²) in [5, 5.41) is 0. The van der Waals surface area contributed by atoms with Crippen LogP contribution >= 0.6 is 22.6 Å². The third kappa shape index (κ3) is 4.19. The highest BCUT2D eigenvalue weighted by atomic mass is 125. The first-order valence-corrected chi connectivity index (χ1v) is 6.74. The molecule has 0 heterocycles. The van der Waals surface area contributed by atoms with E-state index in [9.17, 15) is 22.4 Å². The highest BCUT2D eigenvalue weighted by Crippen LogP contribution is 2.29. The number of rotatable bonds is 4. The van der Waals surface area contributed by atoms with Crippen LogP contribution < -0.4 is 4.74 Å². The zero-order valence-corrected chi connectivity index (χ0v) is 12.8. The summed E-state index contributed by atoms with van der Waals surface area (Å²) in [5.74, 6) is -9.08. The minimum absolute atomic E-state index is 0.0464. The fourth-order valence-electron chi connectivity index (χ4n) is 1.39. The molecule has 0 atom stereocenters. The predicted molar refractivity (Wildman–Crippen MR) is 73.5 cm³/mol. The van der Waals surface area contributed by atoms with Crippen molar-refractivity contribution in [1.82, 2.24) is 0 Å². The van der Waals surface area contributed by atoms with Gasteiger partial charge in [0.1, 0.15) is 0 Å². The zero-order valence-electron chi connectivity index (χ0n) is 10.6. The first kappa shape index (κ1) is 16.9. The van der Waals surface area contributed by atoms with Crippen molar-refractivity contribution in [3.8, 4) is 5.75 Å². The molecular formula is C13H11F4IO2. The third-order valence-electron chi connectivity index (χ3n) is 2.40. The van der Waals surface area contributed by atoms with Crippen molar-refractivity contribution in [3.05, 3.63) is 39.5 Å². The van der Waals surface area contributed by atoms with Gasteiger partial charge in [0.05, 0.1) is 6.42 Å². The number of allylic oxidation sites excluding steroid dienone is 1. The Morgan fingerprint density at radius 1 is 1.25 bits per heavy atom. The van der Waals surface area contributed by atoms with E-state index in [2.05, 4.69) is 4.74 Å². The zero-order chi connectivity index (χ0) is 15.5. The average Bonchev–Trinajstić information content (AvgIpc) is 2.31. The van der Waals surface area contributed by atoms with Gasteiger partial charge in [-0.1, -0.05) is 42.5 Å². The van der Waals surface area contributed by atoms with Gasteiger partial charge in [-0.05, 0) is 9.50 Å². The van der Waals surface area contributed by atoms with E-state index in [1.807, 2.05) is 22.6 Å². The maximum Gasteiger partial charge on any atom is 0.312 e. The van der Waals surface area contributed by atoms with Crippen LogP contribution in [0, 0.1) is 28.7 Å². The second kappa shape index (κ2) is 6.55. The van der Waals surface area contributed by atoms with Crippen molar-refractivity contribution in [2.45, 2.75) is 20.3 Å². The molecule has 0 aliphatic carbocycles. The van der Waals surface area contributed by atoms with Gasteiger partial charge in [0.2, 0.25) is 17.4 Å². The number of carbonyl (C=O) groups excluding carboxylic acids is 1. The van der Waals surface area contributed by atoms with Gasteiger partial charge in [0.25, 0.3) is 0 Å². The lowest BCUT2D eigenvalue weighted by Crippen LogP contribution is -2.20. The fourth-order valence-corrected chi connectivity index (χ4v) is 2.37. The van der Waals surface area contributed by atoms with Crippen molar-refractivity contribution in [1.29, 1.82) is 0 Å². The van der Waals surface area contributed by atoms with E-state index in [0.717, 1.165) is 0 Å². The first-order chi connectivity index (χ1) is 9.18. The molecule has 0 bridgehead atoms. The Morgan fingerprint density at radius 3 is 2.20 bits per heavy atom. The highest BCUT2D eigenvalue weighted by Gasteiger charge is 2.26. The lowest BCUT2D eigenvalue weighted by molar-refractivity contribution is -0.136. The Morgan fingerprint density at radius 2 is 1.75 bits per heavy atom. The van der Waals surface area contributed by atoms with Gasteiger partial charge >= 0.3 is 5.97 Å². The molecule has 1 aromatic rings. The molecule has 0 aromatic heterocycles. The van der Waals surface area contributed by atoms with E-state index in [-0.39, 0.29) is 12.5 Å². The third-order valence-corrected chi connectivity index (χ3v) is 2.76. The summed E-state index contributed by atoms with van der Waals surface area (Å²) < 4.78 is 58.6. The molecule has 0 unspecified atom stereocenters. The number of hydrogen-bond acceptors (Lipinski definition) is 2. The molecule has 2 nitrogen and oxygen atoms in total. The monoisotopic (exact) mass is 400 g/mol. The highest BCUT2D eigenvalue weighted by molar-refractivity contribution is 14.1. The van der Waals surface area contributed by atoms with Crippen LogP contribution in [-0.2, 0) is 4.79 Å². The lowest BCUT2D eigenvalue weighted by atomic mass is 9.90. The van der Waals surface area contributed by atoms with E-state index in [1.54, 1.807) is 24.0 Å². The average molecular weight is 400 g/mol. The van der Waals surface area contributed by atoms with Gasteiger partial charge in [0, 0.05) is 6.07 Å². The van der Waals surface area contributed by atoms with Crippen LogP contribution in [0.2, 0.25) is 0 Å². The molecule has 0 N–H and O–H groups in total. The maximum absolute atomic E-state index is 13.3. The van der Waals surface area contributed by atoms with Crippen LogP contribution in [0.15, 0.2) is 16.2 Å². The number of halogens is 5. The Bertz CT molecular complexity index is 530. The fraction of sp³-hybridized carbons (Fsp3) is 0.308. The Balaban J connectivity index is 2.97. The number of carbonyl (C=O) groups is 1. The molecule has 20 heavy (non-hydrogen) atoms. The predicted octanol–water partition coefficient (Wildman–Crippen LogP) is 4.51. The molecule has 0 fully saturated rings. The smallest absolute Gasteiger partial charge is 0.312 e. The van der Waals surface area contributed by atoms with Crippen LogP contribution in [0.25, 0.3) is 0 Å². The molecule has 0 saturated carbocycles. The molecule has 1 aromatic carbocycles. The van der Waals surface area contributed by atoms with Crippen LogP contribution in [0.1, 0.15) is 20.3 Å². The van der Waals surface area contributed by atoms with Crippen molar-refractivity contribution in [2.24, 2.45) is 5.41 Å². The summed E-state index contributed by atoms with van der Waals surface area (Å²) in [5.41, 5.74) is -0.614. The van der Waals surface area contributed by atoms with Crippen molar-refractivity contribution < 1.29 is 27.1 Å². The van der Waals surface area contributed by atoms with Crippen LogP contribution in [-0.4, -0.2) is 5.97 Å². The minimum Gasteiger partial charge on any atom is -0.420 e. The second-order valence-electron chi connectivity index (χ2n) is 4.73. The van der Waals surface area contributed by atoms with E-state index >= 15 is 0 Å². The summed E-state index contributed by atoms with van der Waals surface area (Å²) >= 11 is 1.95. The Labute approximate surface area is 126 Å². The summed E-state index contributed by atoms with van der Waals surface area (Å²) in [7, 11) is 0. The number of ether oxygens (including phenoxy) is 1. The SMILES string of the molecule is CC(C)(C=C[125I])CC(=O)Oc1c(F)c(F)cc(F)c1F. The van der Waals surface area contributed by atoms with Crippen molar-refractivity contribution >= 4 is 28.6 Å². The van der Waals surface area contributed by atoms with Crippen LogP contribution in [0.5, 0.6) is 5.75 Å². The summed E-state index contributed by atoms with van der Waals surface area (Å²) in [6, 6.07) is 0.0464. The molecule has 7 heteroatoms. The molecule has 0 spiro atoms. The largest absolute Gasteiger partial charge is 0.420 e. The van der Waals surface area contributed by atoms with E-state index < -0.39 is 40.4 Å². The van der Waals surface area contributed by atoms with E-state index in [0.29, 0.717) is 0 Å². The molecule has 0 aliphatic heterocycles. The van der Waals surface area contributed by atoms with Gasteiger partial charge in [0.15, 0.2) is 11.6 Å². The molecule has 0 aliphatic rings. The van der Waals surface area contributed by atoms with Gasteiger partial charge in [-0.15, -0.1) is 0 Å². The molecule has 110 valence electrons. The molecule has 0 amide bonds. The standard InChI is InChI=1S/C13H11F4IO2/c1-13(2,3-4-18)6-9(19)20-12-10(16)7(14)5-8(15)11(12)17/h3-5H,6H2,1-2H3/i18-2. The van der Waals surface area contributed by atoms with Gasteiger partial charge in [-0.2, -0.15) is 8.78 Å². The quantitative estimate of drug-likeness (QED) is 0.245. The molecule has 0 radical (unpaired) electrons. The molecule has 1 rings (SSSR count). The maximum atomic E-state index is 13.3. The van der Waals surface area contributed by atoms with Gasteiger partial charge < -0.3 is 4.74 Å². The van der Waals surface area contributed by atoms with Crippen molar-refractivity contribution in [2.75, 3.05) is 0 Å². The summed E-state index contributed by atoms with van der Waals surface area (Å²) in [4.78, 5) is 11.6. The normalized spacial score (nSPS) is 11.9. The number of esters is 1. The molecular weight excluding hydrogens is 389 g/mol. The van der Waals surface area contributed by atoms with E-state index in [1.165, 1.54) is 0 Å². The lowest BCUT2D eigenvalue weighted by Gasteiger charge is -2.18. The minimum atomic E-state index is -1.74. The summed E-state index contributed by atoms with van der Waals surface area (Å²) in [6.07, 6.45) is 1.48. The van der Waals surface area contributed by atoms with Gasteiger partial charge in [-0.25, -0.2) is 8.78 Å². The number of hydrogen-bond donors (Lipinski definition) is 0. The first-order valence-electron chi connectivity index (χ1n) is 5.49. The summed E-state index contributed by atoms with van der Waals surface area (Å²) in [6.45, 7) is 3.39. The van der Waals surface area contributed by atoms with Crippen LogP contribution in [0.3, 0.4) is 0 Å².